The second kappa shape index (κ2) is 1.07. The maximum absolute atomic E-state index is 2.32. The molecule has 0 heteroatoms. The van der Waals surface area contributed by atoms with Crippen LogP contribution in [0.15, 0.2) is 24.3 Å². The minimum absolute atomic E-state index is 0.542. The van der Waals surface area contributed by atoms with Crippen molar-refractivity contribution >= 4 is 0 Å². The van der Waals surface area contributed by atoms with E-state index in [1.807, 2.05) is 0 Å². The van der Waals surface area contributed by atoms with E-state index < -0.39 is 0 Å². The molecule has 1 atom stereocenters. The summed E-state index contributed by atoms with van der Waals surface area (Å²) in [4.78, 5) is 0. The van der Waals surface area contributed by atoms with Crippen LogP contribution in [0.25, 0.3) is 0 Å². The summed E-state index contributed by atoms with van der Waals surface area (Å²) in [5.41, 5.74) is 0.542. The normalized spacial score (nSPS) is 36.9. The van der Waals surface area contributed by atoms with E-state index in [2.05, 4.69) is 31.2 Å². The third kappa shape index (κ3) is 0.360. The Morgan fingerprint density at radius 1 is 1.38 bits per heavy atom. The Morgan fingerprint density at radius 3 is 2.12 bits per heavy atom. The van der Waals surface area contributed by atoms with E-state index in [1.54, 1.807) is 0 Å². The van der Waals surface area contributed by atoms with Crippen molar-refractivity contribution in [1.29, 1.82) is 0 Å². The summed E-state index contributed by atoms with van der Waals surface area (Å²) in [5, 5.41) is 0. The lowest BCUT2D eigenvalue weighted by atomic mass is 10.1. The van der Waals surface area contributed by atoms with Crippen molar-refractivity contribution < 1.29 is 0 Å². The van der Waals surface area contributed by atoms with Gasteiger partial charge in [-0.1, -0.05) is 31.2 Å². The van der Waals surface area contributed by atoms with E-state index in [4.69, 9.17) is 0 Å². The topological polar surface area (TPSA) is 0 Å². The van der Waals surface area contributed by atoms with E-state index in [0.717, 1.165) is 5.92 Å². The number of hydrogen-bond acceptors (Lipinski definition) is 0. The van der Waals surface area contributed by atoms with Crippen molar-refractivity contribution in [3.05, 3.63) is 24.3 Å². The second-order valence-electron chi connectivity index (χ2n) is 2.94. The fourth-order valence-corrected chi connectivity index (χ4v) is 1.46. The smallest absolute Gasteiger partial charge is 0.00961 e. The molecule has 1 spiro atoms. The van der Waals surface area contributed by atoms with Crippen LogP contribution in [0.5, 0.6) is 0 Å². The summed E-state index contributed by atoms with van der Waals surface area (Å²) < 4.78 is 0. The van der Waals surface area contributed by atoms with Gasteiger partial charge >= 0.3 is 0 Å². The zero-order valence-electron chi connectivity index (χ0n) is 5.09. The molecule has 0 heterocycles. The van der Waals surface area contributed by atoms with Crippen LogP contribution in [0.1, 0.15) is 13.3 Å². The lowest BCUT2D eigenvalue weighted by Gasteiger charge is -1.95. The van der Waals surface area contributed by atoms with E-state index in [-0.39, 0.29) is 0 Å². The van der Waals surface area contributed by atoms with Gasteiger partial charge in [-0.05, 0) is 12.3 Å². The molecule has 2 aliphatic carbocycles. The molecule has 1 fully saturated rings. The molecular formula is C8H10. The Kier molecular flexibility index (Phi) is 0.585. The predicted molar refractivity (Wildman–Crippen MR) is 34.5 cm³/mol. The number of hydrogen-bond donors (Lipinski definition) is 0. The number of allylic oxidation sites excluding steroid dienone is 4. The van der Waals surface area contributed by atoms with Gasteiger partial charge in [0.25, 0.3) is 0 Å². The Morgan fingerprint density at radius 2 is 1.88 bits per heavy atom. The van der Waals surface area contributed by atoms with Gasteiger partial charge in [-0.25, -0.2) is 0 Å². The quantitative estimate of drug-likeness (QED) is 0.444. The lowest BCUT2D eigenvalue weighted by molar-refractivity contribution is 0.756. The highest BCUT2D eigenvalue weighted by Gasteiger charge is 2.47. The lowest BCUT2D eigenvalue weighted by Crippen LogP contribution is -1.86. The van der Waals surface area contributed by atoms with E-state index in [1.165, 1.54) is 6.42 Å². The van der Waals surface area contributed by atoms with Gasteiger partial charge in [-0.3, -0.25) is 0 Å². The SMILES string of the molecule is C[C@@H]1CC12C=CC=C2. The summed E-state index contributed by atoms with van der Waals surface area (Å²) in [6, 6.07) is 0. The van der Waals surface area contributed by atoms with Crippen LogP contribution in [0.4, 0.5) is 0 Å². The van der Waals surface area contributed by atoms with Gasteiger partial charge in [0.05, 0.1) is 0 Å². The van der Waals surface area contributed by atoms with Crippen molar-refractivity contribution in [1.82, 2.24) is 0 Å². The van der Waals surface area contributed by atoms with Gasteiger partial charge in [0, 0.05) is 5.41 Å². The first-order valence-corrected chi connectivity index (χ1v) is 3.21. The first kappa shape index (κ1) is 4.37. The number of rotatable bonds is 0. The van der Waals surface area contributed by atoms with Crippen molar-refractivity contribution in [3.63, 3.8) is 0 Å². The first-order valence-electron chi connectivity index (χ1n) is 3.21. The van der Waals surface area contributed by atoms with Gasteiger partial charge in [0.1, 0.15) is 0 Å². The molecule has 1 saturated carbocycles. The van der Waals surface area contributed by atoms with Crippen molar-refractivity contribution in [2.45, 2.75) is 13.3 Å². The molecule has 2 rings (SSSR count). The molecule has 8 heavy (non-hydrogen) atoms. The molecule has 0 aromatic heterocycles. The Bertz CT molecular complexity index is 151. The van der Waals surface area contributed by atoms with E-state index in [9.17, 15) is 0 Å². The highest BCUT2D eigenvalue weighted by molar-refractivity contribution is 5.32. The Labute approximate surface area is 49.9 Å². The summed E-state index contributed by atoms with van der Waals surface area (Å²) in [5.74, 6) is 0.914. The second-order valence-corrected chi connectivity index (χ2v) is 2.94. The first-order chi connectivity index (χ1) is 3.83. The molecular weight excluding hydrogens is 96.1 g/mol. The molecule has 0 radical (unpaired) electrons. The highest BCUT2D eigenvalue weighted by atomic mass is 14.5. The minimum atomic E-state index is 0.542. The predicted octanol–water partition coefficient (Wildman–Crippen LogP) is 2.14. The van der Waals surface area contributed by atoms with Gasteiger partial charge in [0.2, 0.25) is 0 Å². The van der Waals surface area contributed by atoms with Crippen LogP contribution in [0, 0.1) is 11.3 Å². The average molecular weight is 106 g/mol. The third-order valence-electron chi connectivity index (χ3n) is 2.34. The molecule has 42 valence electrons. The largest absolute Gasteiger partial charge is 0.0743 e. The highest BCUT2D eigenvalue weighted by Crippen LogP contribution is 2.56. The molecule has 2 aliphatic rings. The van der Waals surface area contributed by atoms with Crippen LogP contribution in [0.3, 0.4) is 0 Å². The third-order valence-corrected chi connectivity index (χ3v) is 2.34. The summed E-state index contributed by atoms with van der Waals surface area (Å²) in [7, 11) is 0. The summed E-state index contributed by atoms with van der Waals surface area (Å²) in [6.07, 6.45) is 10.3. The summed E-state index contributed by atoms with van der Waals surface area (Å²) in [6.45, 7) is 2.31. The van der Waals surface area contributed by atoms with E-state index in [0.29, 0.717) is 5.41 Å². The molecule has 0 nitrogen and oxygen atoms in total. The van der Waals surface area contributed by atoms with Crippen LogP contribution >= 0.6 is 0 Å². The minimum Gasteiger partial charge on any atom is -0.0743 e. The molecule has 0 aromatic rings. The zero-order valence-corrected chi connectivity index (χ0v) is 5.09. The fraction of sp³-hybridized carbons (Fsp3) is 0.500. The van der Waals surface area contributed by atoms with E-state index >= 15 is 0 Å². The van der Waals surface area contributed by atoms with Gasteiger partial charge < -0.3 is 0 Å². The molecule has 0 N–H and O–H groups in total. The average Bonchev–Trinajstić information content (AvgIpc) is 2.29. The molecule has 0 aliphatic heterocycles. The Hall–Kier alpha value is -0.520. The van der Waals surface area contributed by atoms with Gasteiger partial charge in [0.15, 0.2) is 0 Å². The van der Waals surface area contributed by atoms with Crippen LogP contribution in [-0.4, -0.2) is 0 Å². The van der Waals surface area contributed by atoms with Crippen LogP contribution in [-0.2, 0) is 0 Å². The Balaban J connectivity index is 2.30. The van der Waals surface area contributed by atoms with Crippen LogP contribution in [0.2, 0.25) is 0 Å². The maximum atomic E-state index is 2.32. The van der Waals surface area contributed by atoms with Crippen molar-refractivity contribution in [3.8, 4) is 0 Å². The maximum Gasteiger partial charge on any atom is 0.00961 e. The van der Waals surface area contributed by atoms with Gasteiger partial charge in [-0.15, -0.1) is 0 Å². The van der Waals surface area contributed by atoms with Crippen LogP contribution < -0.4 is 0 Å². The molecule has 0 unspecified atom stereocenters. The zero-order chi connectivity index (χ0) is 5.61. The molecule has 0 aromatic carbocycles. The fourth-order valence-electron chi connectivity index (χ4n) is 1.46. The summed E-state index contributed by atoms with van der Waals surface area (Å²) >= 11 is 0. The van der Waals surface area contributed by atoms with Crippen molar-refractivity contribution in [2.24, 2.45) is 11.3 Å². The standard InChI is InChI=1S/C8H10/c1-7-6-8(7)4-2-3-5-8/h2-5,7H,6H2,1H3/t7-/m1/s1. The van der Waals surface area contributed by atoms with Gasteiger partial charge in [-0.2, -0.15) is 0 Å². The molecule has 0 amide bonds. The molecule has 0 saturated heterocycles. The molecule has 0 bridgehead atoms. The monoisotopic (exact) mass is 106 g/mol. The van der Waals surface area contributed by atoms with Crippen molar-refractivity contribution in [2.75, 3.05) is 0 Å².